The summed E-state index contributed by atoms with van der Waals surface area (Å²) in [5.74, 6) is 0.317. The second-order valence-corrected chi connectivity index (χ2v) is 6.18. The van der Waals surface area contributed by atoms with Gasteiger partial charge in [-0.25, -0.2) is 13.6 Å². The van der Waals surface area contributed by atoms with Crippen LogP contribution in [0.15, 0.2) is 46.8 Å². The van der Waals surface area contributed by atoms with E-state index in [-0.39, 0.29) is 23.8 Å². The smallest absolute Gasteiger partial charge is 0.331 e. The van der Waals surface area contributed by atoms with E-state index >= 15 is 0 Å². The van der Waals surface area contributed by atoms with Crippen LogP contribution in [0, 0.1) is 24.0 Å². The van der Waals surface area contributed by atoms with E-state index in [1.807, 2.05) is 0 Å². The van der Waals surface area contributed by atoms with Crippen LogP contribution in [0.25, 0.3) is 0 Å². The molecule has 2 heterocycles. The van der Waals surface area contributed by atoms with Crippen LogP contribution < -0.4 is 0 Å². The van der Waals surface area contributed by atoms with Gasteiger partial charge in [-0.3, -0.25) is 4.99 Å². The molecule has 0 amide bonds. The van der Waals surface area contributed by atoms with Crippen molar-refractivity contribution in [3.05, 3.63) is 59.0 Å². The largest absolute Gasteiger partial charge is 0.485 e. The summed E-state index contributed by atoms with van der Waals surface area (Å²) < 4.78 is 33.2. The maximum Gasteiger partial charge on any atom is 0.331 e. The van der Waals surface area contributed by atoms with E-state index in [4.69, 9.17) is 11.2 Å². The molecule has 0 bridgehead atoms. The fourth-order valence-electron chi connectivity index (χ4n) is 2.84. The van der Waals surface area contributed by atoms with Gasteiger partial charge in [0, 0.05) is 17.8 Å². The van der Waals surface area contributed by atoms with Gasteiger partial charge >= 0.3 is 5.97 Å². The maximum absolute atomic E-state index is 13.8. The molecule has 0 aromatic heterocycles. The van der Waals surface area contributed by atoms with E-state index in [1.54, 1.807) is 6.92 Å². The SMILES string of the molecule is C#CC1=CN2C(=NC(C)C2(C)C(=O)O)C(OCc2c(F)cccc2F)=C1. The number of carboxylic acids is 1. The third kappa shape index (κ3) is 2.64. The quantitative estimate of drug-likeness (QED) is 0.841. The third-order valence-electron chi connectivity index (χ3n) is 4.67. The normalized spacial score (nSPS) is 24.2. The average molecular weight is 358 g/mol. The second-order valence-electron chi connectivity index (χ2n) is 6.18. The average Bonchev–Trinajstić information content (AvgIpc) is 2.86. The summed E-state index contributed by atoms with van der Waals surface area (Å²) in [4.78, 5) is 17.6. The van der Waals surface area contributed by atoms with Gasteiger partial charge < -0.3 is 14.7 Å². The van der Waals surface area contributed by atoms with Gasteiger partial charge in [0.25, 0.3) is 0 Å². The molecule has 0 radical (unpaired) electrons. The minimum absolute atomic E-state index is 0.167. The molecular weight excluding hydrogens is 342 g/mol. The monoisotopic (exact) mass is 358 g/mol. The Hall–Kier alpha value is -3.14. The number of terminal acetylenes is 1. The van der Waals surface area contributed by atoms with Crippen molar-refractivity contribution in [1.29, 1.82) is 0 Å². The van der Waals surface area contributed by atoms with Crippen molar-refractivity contribution in [2.24, 2.45) is 4.99 Å². The molecule has 134 valence electrons. The van der Waals surface area contributed by atoms with Crippen molar-refractivity contribution in [3.63, 3.8) is 0 Å². The van der Waals surface area contributed by atoms with Crippen LogP contribution >= 0.6 is 0 Å². The number of hydrogen-bond acceptors (Lipinski definition) is 4. The molecule has 26 heavy (non-hydrogen) atoms. The highest BCUT2D eigenvalue weighted by Crippen LogP contribution is 2.35. The first-order valence-corrected chi connectivity index (χ1v) is 7.85. The molecule has 5 nitrogen and oxygen atoms in total. The van der Waals surface area contributed by atoms with Crippen LogP contribution in [0.4, 0.5) is 8.78 Å². The molecule has 0 saturated carbocycles. The van der Waals surface area contributed by atoms with E-state index < -0.39 is 29.2 Å². The molecule has 2 aliphatic heterocycles. The topological polar surface area (TPSA) is 62.1 Å². The number of aliphatic carboxylic acids is 1. The van der Waals surface area contributed by atoms with Crippen molar-refractivity contribution >= 4 is 11.8 Å². The summed E-state index contributed by atoms with van der Waals surface area (Å²) in [6.45, 7) is 2.81. The summed E-state index contributed by atoms with van der Waals surface area (Å²) in [5, 5.41) is 9.65. The molecule has 7 heteroatoms. The summed E-state index contributed by atoms with van der Waals surface area (Å²) in [5.41, 5.74) is -1.21. The van der Waals surface area contributed by atoms with Crippen molar-refractivity contribution in [3.8, 4) is 12.3 Å². The first-order chi connectivity index (χ1) is 12.3. The minimum Gasteiger partial charge on any atom is -0.485 e. The number of fused-ring (bicyclic) bond motifs is 1. The number of carbonyl (C=O) groups is 1. The number of halogens is 2. The van der Waals surface area contributed by atoms with Gasteiger partial charge in [-0.1, -0.05) is 12.0 Å². The third-order valence-corrected chi connectivity index (χ3v) is 4.67. The molecule has 1 aromatic rings. The van der Waals surface area contributed by atoms with Crippen molar-refractivity contribution in [2.45, 2.75) is 32.0 Å². The summed E-state index contributed by atoms with van der Waals surface area (Å²) in [6, 6.07) is 2.94. The van der Waals surface area contributed by atoms with Crippen LogP contribution in [-0.2, 0) is 16.1 Å². The lowest BCUT2D eigenvalue weighted by atomic mass is 9.93. The van der Waals surface area contributed by atoms with Gasteiger partial charge in [0.2, 0.25) is 0 Å². The van der Waals surface area contributed by atoms with E-state index in [0.717, 1.165) is 12.1 Å². The standard InChI is InChI=1S/C19H16F2N2O3/c1-4-12-8-16(26-10-13-14(20)6-5-7-15(13)21)17-22-11(2)19(3,18(24)25)23(17)9-12/h1,5-9,11H,10H2,2-3H3,(H,24,25). The Morgan fingerprint density at radius 3 is 2.69 bits per heavy atom. The van der Waals surface area contributed by atoms with Crippen LogP contribution in [0.2, 0.25) is 0 Å². The van der Waals surface area contributed by atoms with Gasteiger partial charge in [0.05, 0.1) is 11.6 Å². The second kappa shape index (κ2) is 6.30. The first-order valence-electron chi connectivity index (χ1n) is 7.85. The van der Waals surface area contributed by atoms with Crippen LogP contribution in [0.3, 0.4) is 0 Å². The Bertz CT molecular complexity index is 894. The van der Waals surface area contributed by atoms with Gasteiger partial charge in [0.15, 0.2) is 17.1 Å². The lowest BCUT2D eigenvalue weighted by Gasteiger charge is -2.35. The molecule has 0 spiro atoms. The molecule has 2 atom stereocenters. The Balaban J connectivity index is 1.94. The number of hydrogen-bond donors (Lipinski definition) is 1. The summed E-state index contributed by atoms with van der Waals surface area (Å²) in [7, 11) is 0. The zero-order valence-electron chi connectivity index (χ0n) is 14.2. The van der Waals surface area contributed by atoms with E-state index in [1.165, 1.54) is 30.2 Å². The highest BCUT2D eigenvalue weighted by molar-refractivity contribution is 6.04. The Kier molecular flexibility index (Phi) is 4.28. The van der Waals surface area contributed by atoms with Gasteiger partial charge in [-0.05, 0) is 26.0 Å². The number of allylic oxidation sites excluding steroid dienone is 2. The van der Waals surface area contributed by atoms with Crippen molar-refractivity contribution in [1.82, 2.24) is 4.90 Å². The number of rotatable bonds is 4. The predicted molar refractivity (Wildman–Crippen MR) is 90.9 cm³/mol. The van der Waals surface area contributed by atoms with Gasteiger partial charge in [0.1, 0.15) is 18.2 Å². The zero-order valence-corrected chi connectivity index (χ0v) is 14.2. The fraction of sp³-hybridized carbons (Fsp3) is 0.263. The molecule has 2 aliphatic rings. The molecular formula is C19H16F2N2O3. The molecule has 1 N–H and O–H groups in total. The van der Waals surface area contributed by atoms with E-state index in [0.29, 0.717) is 5.57 Å². The molecule has 0 aliphatic carbocycles. The molecule has 3 rings (SSSR count). The summed E-state index contributed by atoms with van der Waals surface area (Å²) >= 11 is 0. The Morgan fingerprint density at radius 2 is 2.12 bits per heavy atom. The Morgan fingerprint density at radius 1 is 1.46 bits per heavy atom. The number of ether oxygens (including phenoxy) is 1. The molecule has 0 fully saturated rings. The van der Waals surface area contributed by atoms with Gasteiger partial charge in [-0.2, -0.15) is 0 Å². The number of benzene rings is 1. The fourth-order valence-corrected chi connectivity index (χ4v) is 2.84. The summed E-state index contributed by atoms with van der Waals surface area (Å²) in [6.07, 6.45) is 8.45. The van der Waals surface area contributed by atoms with Gasteiger partial charge in [-0.15, -0.1) is 6.42 Å². The highest BCUT2D eigenvalue weighted by atomic mass is 19.1. The predicted octanol–water partition coefficient (Wildman–Crippen LogP) is 2.84. The van der Waals surface area contributed by atoms with Crippen LogP contribution in [0.5, 0.6) is 0 Å². The lowest BCUT2D eigenvalue weighted by Crippen LogP contribution is -2.54. The minimum atomic E-state index is -1.34. The number of nitrogens with zero attached hydrogens (tertiary/aromatic N) is 2. The zero-order chi connectivity index (χ0) is 19.1. The van der Waals surface area contributed by atoms with Crippen molar-refractivity contribution in [2.75, 3.05) is 0 Å². The highest BCUT2D eigenvalue weighted by Gasteiger charge is 2.52. The van der Waals surface area contributed by atoms with E-state index in [9.17, 15) is 18.7 Å². The first kappa shape index (κ1) is 17.7. The van der Waals surface area contributed by atoms with Crippen LogP contribution in [0.1, 0.15) is 19.4 Å². The lowest BCUT2D eigenvalue weighted by molar-refractivity contribution is -0.147. The maximum atomic E-state index is 13.8. The number of amidine groups is 1. The molecule has 1 aromatic carbocycles. The number of aliphatic imine (C=N–C) groups is 1. The Labute approximate surface area is 149 Å². The van der Waals surface area contributed by atoms with Crippen LogP contribution in [-0.4, -0.2) is 33.4 Å². The number of carboxylic acid groups (broad SMARTS) is 1. The molecule has 0 saturated heterocycles. The van der Waals surface area contributed by atoms with E-state index in [2.05, 4.69) is 10.9 Å². The molecule has 2 unspecified atom stereocenters. The van der Waals surface area contributed by atoms with Crippen molar-refractivity contribution < 1.29 is 23.4 Å².